The molecule has 1 aromatic carbocycles. The van der Waals surface area contributed by atoms with Gasteiger partial charge in [-0.25, -0.2) is 0 Å². The van der Waals surface area contributed by atoms with Gasteiger partial charge in [-0.05, 0) is 48.9 Å². The van der Waals surface area contributed by atoms with E-state index in [2.05, 4.69) is 26.0 Å². The van der Waals surface area contributed by atoms with E-state index in [4.69, 9.17) is 0 Å². The van der Waals surface area contributed by atoms with Gasteiger partial charge in [0, 0.05) is 0 Å². The lowest BCUT2D eigenvalue weighted by atomic mass is 9.99. The molecule has 1 nitrogen and oxygen atoms in total. The summed E-state index contributed by atoms with van der Waals surface area (Å²) in [7, 11) is 0. The second-order valence-electron chi connectivity index (χ2n) is 3.63. The minimum atomic E-state index is -0.208. The van der Waals surface area contributed by atoms with Crippen LogP contribution in [0.4, 0.5) is 0 Å². The van der Waals surface area contributed by atoms with Gasteiger partial charge < -0.3 is 5.11 Å². The predicted octanol–water partition coefficient (Wildman–Crippen LogP) is 2.28. The Morgan fingerprint density at radius 2 is 2.08 bits per heavy atom. The fourth-order valence-corrected chi connectivity index (χ4v) is 2.01. The van der Waals surface area contributed by atoms with Gasteiger partial charge >= 0.3 is 0 Å². The summed E-state index contributed by atoms with van der Waals surface area (Å²) in [5.41, 5.74) is 5.09. The van der Waals surface area contributed by atoms with Crippen molar-refractivity contribution in [3.05, 3.63) is 34.4 Å². The third-order valence-corrected chi connectivity index (χ3v) is 2.90. The van der Waals surface area contributed by atoms with Crippen molar-refractivity contribution in [2.45, 2.75) is 32.8 Å². The van der Waals surface area contributed by atoms with Crippen LogP contribution in [0, 0.1) is 13.8 Å². The predicted molar refractivity (Wildman–Crippen MR) is 49.2 cm³/mol. The van der Waals surface area contributed by atoms with Gasteiger partial charge in [-0.1, -0.05) is 12.1 Å². The van der Waals surface area contributed by atoms with Crippen LogP contribution < -0.4 is 0 Å². The van der Waals surface area contributed by atoms with Gasteiger partial charge in [-0.15, -0.1) is 0 Å². The molecule has 0 amide bonds. The monoisotopic (exact) mass is 162 g/mol. The first-order chi connectivity index (χ1) is 5.70. The van der Waals surface area contributed by atoms with Crippen LogP contribution in [0.2, 0.25) is 0 Å². The van der Waals surface area contributed by atoms with Crippen LogP contribution in [0.15, 0.2) is 12.1 Å². The molecular formula is C11H14O. The van der Waals surface area contributed by atoms with Crippen LogP contribution in [0.25, 0.3) is 0 Å². The normalized spacial score (nSPS) is 21.1. The van der Waals surface area contributed by atoms with E-state index in [1.165, 1.54) is 22.3 Å². The number of benzene rings is 1. The lowest BCUT2D eigenvalue weighted by Crippen LogP contribution is -1.96. The first kappa shape index (κ1) is 7.81. The van der Waals surface area contributed by atoms with Crippen molar-refractivity contribution in [1.29, 1.82) is 0 Å². The van der Waals surface area contributed by atoms with E-state index < -0.39 is 0 Å². The summed E-state index contributed by atoms with van der Waals surface area (Å²) in [6.45, 7) is 4.20. The maximum absolute atomic E-state index is 9.69. The standard InChI is InChI=1S/C11H14O/c1-7-3-4-9-5-6-10(12)11(9)8(7)2/h3-4,10,12H,5-6H2,1-2H3. The highest BCUT2D eigenvalue weighted by Crippen LogP contribution is 2.34. The number of hydrogen-bond acceptors (Lipinski definition) is 1. The third-order valence-electron chi connectivity index (χ3n) is 2.90. The molecule has 1 aliphatic rings. The summed E-state index contributed by atoms with van der Waals surface area (Å²) in [6.07, 6.45) is 1.73. The molecule has 0 aromatic heterocycles. The number of aliphatic hydroxyl groups excluding tert-OH is 1. The Kier molecular flexibility index (Phi) is 1.69. The Morgan fingerprint density at radius 3 is 2.83 bits per heavy atom. The molecule has 1 aromatic rings. The van der Waals surface area contributed by atoms with Gasteiger partial charge in [0.15, 0.2) is 0 Å². The lowest BCUT2D eigenvalue weighted by Gasteiger charge is -2.10. The second kappa shape index (κ2) is 2.60. The fourth-order valence-electron chi connectivity index (χ4n) is 2.01. The zero-order valence-corrected chi connectivity index (χ0v) is 7.59. The zero-order valence-electron chi connectivity index (χ0n) is 7.59. The average molecular weight is 162 g/mol. The molecule has 0 saturated carbocycles. The number of aryl methyl sites for hydroxylation is 2. The van der Waals surface area contributed by atoms with E-state index in [-0.39, 0.29) is 6.10 Å². The Morgan fingerprint density at radius 1 is 1.33 bits per heavy atom. The summed E-state index contributed by atoms with van der Waals surface area (Å²) in [5.74, 6) is 0. The zero-order chi connectivity index (χ0) is 8.72. The Hall–Kier alpha value is -0.820. The highest BCUT2D eigenvalue weighted by Gasteiger charge is 2.22. The molecule has 1 aliphatic carbocycles. The van der Waals surface area contributed by atoms with E-state index in [1.807, 2.05) is 0 Å². The van der Waals surface area contributed by atoms with E-state index >= 15 is 0 Å². The minimum absolute atomic E-state index is 0.208. The van der Waals surface area contributed by atoms with Crippen molar-refractivity contribution >= 4 is 0 Å². The van der Waals surface area contributed by atoms with E-state index in [9.17, 15) is 5.11 Å². The summed E-state index contributed by atoms with van der Waals surface area (Å²) < 4.78 is 0. The van der Waals surface area contributed by atoms with Crippen molar-refractivity contribution in [1.82, 2.24) is 0 Å². The fraction of sp³-hybridized carbons (Fsp3) is 0.455. The highest BCUT2D eigenvalue weighted by molar-refractivity contribution is 5.43. The molecule has 0 bridgehead atoms. The van der Waals surface area contributed by atoms with Gasteiger partial charge in [0.1, 0.15) is 0 Å². The highest BCUT2D eigenvalue weighted by atomic mass is 16.3. The van der Waals surface area contributed by atoms with Crippen LogP contribution in [-0.2, 0) is 6.42 Å². The smallest absolute Gasteiger partial charge is 0.0798 e. The van der Waals surface area contributed by atoms with Crippen molar-refractivity contribution in [2.24, 2.45) is 0 Å². The third kappa shape index (κ3) is 0.969. The largest absolute Gasteiger partial charge is 0.388 e. The van der Waals surface area contributed by atoms with Crippen LogP contribution >= 0.6 is 0 Å². The molecule has 0 saturated heterocycles. The molecule has 0 radical (unpaired) electrons. The summed E-state index contributed by atoms with van der Waals surface area (Å²) in [4.78, 5) is 0. The van der Waals surface area contributed by atoms with Gasteiger partial charge in [-0.2, -0.15) is 0 Å². The van der Waals surface area contributed by atoms with Gasteiger partial charge in [-0.3, -0.25) is 0 Å². The Balaban J connectivity index is 2.63. The van der Waals surface area contributed by atoms with Crippen molar-refractivity contribution in [2.75, 3.05) is 0 Å². The van der Waals surface area contributed by atoms with Crippen molar-refractivity contribution in [3.8, 4) is 0 Å². The topological polar surface area (TPSA) is 20.2 Å². The molecule has 1 atom stereocenters. The summed E-state index contributed by atoms with van der Waals surface area (Å²) >= 11 is 0. The van der Waals surface area contributed by atoms with Gasteiger partial charge in [0.25, 0.3) is 0 Å². The van der Waals surface area contributed by atoms with Crippen LogP contribution in [0.1, 0.15) is 34.8 Å². The van der Waals surface area contributed by atoms with Gasteiger partial charge in [0.05, 0.1) is 6.10 Å². The number of fused-ring (bicyclic) bond motifs is 1. The SMILES string of the molecule is Cc1ccc2c(c1C)C(O)CC2. The van der Waals surface area contributed by atoms with Crippen molar-refractivity contribution < 1.29 is 5.11 Å². The van der Waals surface area contributed by atoms with Gasteiger partial charge in [0.2, 0.25) is 0 Å². The molecule has 0 aliphatic heterocycles. The van der Waals surface area contributed by atoms with E-state index in [0.29, 0.717) is 0 Å². The summed E-state index contributed by atoms with van der Waals surface area (Å²) in [5, 5.41) is 9.69. The van der Waals surface area contributed by atoms with E-state index in [0.717, 1.165) is 12.8 Å². The lowest BCUT2D eigenvalue weighted by molar-refractivity contribution is 0.179. The Labute approximate surface area is 73.0 Å². The quantitative estimate of drug-likeness (QED) is 0.620. The Bertz CT molecular complexity index is 315. The minimum Gasteiger partial charge on any atom is -0.388 e. The molecule has 1 heteroatoms. The molecule has 0 spiro atoms. The molecular weight excluding hydrogens is 148 g/mol. The molecule has 0 fully saturated rings. The molecule has 64 valence electrons. The number of rotatable bonds is 0. The number of hydrogen-bond donors (Lipinski definition) is 1. The average Bonchev–Trinajstić information content (AvgIpc) is 2.41. The molecule has 12 heavy (non-hydrogen) atoms. The maximum Gasteiger partial charge on any atom is 0.0798 e. The van der Waals surface area contributed by atoms with E-state index in [1.54, 1.807) is 0 Å². The first-order valence-electron chi connectivity index (χ1n) is 4.47. The second-order valence-corrected chi connectivity index (χ2v) is 3.63. The molecule has 1 N–H and O–H groups in total. The maximum atomic E-state index is 9.69. The van der Waals surface area contributed by atoms with Crippen molar-refractivity contribution in [3.63, 3.8) is 0 Å². The molecule has 0 heterocycles. The molecule has 2 rings (SSSR count). The van der Waals surface area contributed by atoms with Crippen LogP contribution in [0.5, 0.6) is 0 Å². The van der Waals surface area contributed by atoms with Crippen LogP contribution in [-0.4, -0.2) is 5.11 Å². The van der Waals surface area contributed by atoms with Crippen LogP contribution in [0.3, 0.4) is 0 Å². The molecule has 1 unspecified atom stereocenters. The summed E-state index contributed by atoms with van der Waals surface area (Å²) in [6, 6.07) is 4.29. The first-order valence-corrected chi connectivity index (χ1v) is 4.47. The number of aliphatic hydroxyl groups is 1.